The molecule has 4 atom stereocenters. The number of rotatable bonds is 2. The van der Waals surface area contributed by atoms with Crippen molar-refractivity contribution < 1.29 is 19.2 Å². The highest BCUT2D eigenvalue weighted by molar-refractivity contribution is 6.22. The van der Waals surface area contributed by atoms with Crippen molar-refractivity contribution in [2.45, 2.75) is 32.0 Å². The minimum Gasteiger partial charge on any atom is -0.373 e. The van der Waals surface area contributed by atoms with Crippen LogP contribution < -0.4 is 4.90 Å². The third kappa shape index (κ3) is 1.60. The fourth-order valence-electron chi connectivity index (χ4n) is 3.95. The molecule has 0 aromatic heterocycles. The van der Waals surface area contributed by atoms with Gasteiger partial charge in [0.2, 0.25) is 11.8 Å². The highest BCUT2D eigenvalue weighted by Crippen LogP contribution is 2.49. The Hall–Kier alpha value is -2.28. The molecule has 0 N–H and O–H groups in total. The van der Waals surface area contributed by atoms with Crippen LogP contribution in [0, 0.1) is 28.9 Å². The minimum absolute atomic E-state index is 0.0218. The van der Waals surface area contributed by atoms with Crippen LogP contribution in [-0.2, 0) is 14.3 Å². The van der Waals surface area contributed by atoms with E-state index >= 15 is 0 Å². The molecule has 3 heterocycles. The van der Waals surface area contributed by atoms with E-state index < -0.39 is 4.92 Å². The Balaban J connectivity index is 1.72. The molecule has 2 bridgehead atoms. The Bertz CT molecular complexity index is 688. The molecule has 7 nitrogen and oxygen atoms in total. The van der Waals surface area contributed by atoms with E-state index in [1.807, 2.05) is 0 Å². The summed E-state index contributed by atoms with van der Waals surface area (Å²) in [6.45, 7) is 1.60. The molecule has 4 rings (SSSR count). The molecular weight excluding hydrogens is 288 g/mol. The SMILES string of the molecule is Cc1cc(N2C(=O)C3C4CCC(O4)C3C2=O)ccc1[N+](=O)[O-]. The Labute approximate surface area is 126 Å². The molecule has 0 aliphatic carbocycles. The van der Waals surface area contributed by atoms with E-state index in [-0.39, 0.29) is 41.5 Å². The van der Waals surface area contributed by atoms with Crippen LogP contribution in [0.4, 0.5) is 11.4 Å². The largest absolute Gasteiger partial charge is 0.373 e. The number of anilines is 1. The van der Waals surface area contributed by atoms with Gasteiger partial charge in [-0.3, -0.25) is 19.7 Å². The lowest BCUT2D eigenvalue weighted by Crippen LogP contribution is -2.34. The molecule has 1 aromatic carbocycles. The van der Waals surface area contributed by atoms with Gasteiger partial charge in [-0.25, -0.2) is 4.90 Å². The number of fused-ring (bicyclic) bond motifs is 5. The number of carbonyl (C=O) groups is 2. The highest BCUT2D eigenvalue weighted by Gasteiger charge is 2.62. The normalized spacial score (nSPS) is 32.7. The first-order chi connectivity index (χ1) is 10.5. The van der Waals surface area contributed by atoms with E-state index in [0.717, 1.165) is 12.8 Å². The number of imide groups is 1. The Kier molecular flexibility index (Phi) is 2.65. The molecule has 7 heteroatoms. The number of amides is 2. The minimum atomic E-state index is -0.477. The van der Waals surface area contributed by atoms with Crippen LogP contribution in [0.25, 0.3) is 0 Å². The van der Waals surface area contributed by atoms with Crippen LogP contribution in [0.3, 0.4) is 0 Å². The van der Waals surface area contributed by atoms with Crippen LogP contribution in [0.1, 0.15) is 18.4 Å². The van der Waals surface area contributed by atoms with Gasteiger partial charge in [-0.1, -0.05) is 0 Å². The lowest BCUT2D eigenvalue weighted by Gasteiger charge is -2.17. The fraction of sp³-hybridized carbons (Fsp3) is 0.467. The van der Waals surface area contributed by atoms with Crippen molar-refractivity contribution in [1.82, 2.24) is 0 Å². The zero-order valence-corrected chi connectivity index (χ0v) is 11.9. The number of carbonyl (C=O) groups excluding carboxylic acids is 2. The second kappa shape index (κ2) is 4.36. The molecule has 0 radical (unpaired) electrons. The van der Waals surface area contributed by atoms with Gasteiger partial charge in [-0.05, 0) is 31.9 Å². The van der Waals surface area contributed by atoms with Crippen molar-refractivity contribution in [3.63, 3.8) is 0 Å². The van der Waals surface area contributed by atoms with Crippen LogP contribution in [0.15, 0.2) is 18.2 Å². The van der Waals surface area contributed by atoms with Crippen LogP contribution in [-0.4, -0.2) is 28.9 Å². The van der Waals surface area contributed by atoms with E-state index in [1.165, 1.54) is 23.1 Å². The van der Waals surface area contributed by atoms with Gasteiger partial charge in [-0.15, -0.1) is 0 Å². The number of nitro benzene ring substituents is 1. The maximum atomic E-state index is 12.6. The van der Waals surface area contributed by atoms with E-state index in [2.05, 4.69) is 0 Å². The number of ether oxygens (including phenoxy) is 1. The second-order valence-electron chi connectivity index (χ2n) is 6.08. The van der Waals surface area contributed by atoms with E-state index in [4.69, 9.17) is 4.74 Å². The Morgan fingerprint density at radius 2 is 1.77 bits per heavy atom. The average molecular weight is 302 g/mol. The zero-order chi connectivity index (χ0) is 15.6. The standard InChI is InChI=1S/C15H14N2O5/c1-7-6-8(2-3-9(7)17(20)21)16-14(18)12-10-4-5-11(22-10)13(12)15(16)19/h2-3,6,10-13H,4-5H2,1H3. The van der Waals surface area contributed by atoms with Gasteiger partial charge >= 0.3 is 0 Å². The van der Waals surface area contributed by atoms with Crippen molar-refractivity contribution in [2.24, 2.45) is 11.8 Å². The maximum Gasteiger partial charge on any atom is 0.272 e. The summed E-state index contributed by atoms with van der Waals surface area (Å²) < 4.78 is 5.68. The summed E-state index contributed by atoms with van der Waals surface area (Å²) in [7, 11) is 0. The maximum absolute atomic E-state index is 12.6. The highest BCUT2D eigenvalue weighted by atomic mass is 16.6. The molecule has 1 aromatic rings. The molecule has 22 heavy (non-hydrogen) atoms. The summed E-state index contributed by atoms with van der Waals surface area (Å²) in [6, 6.07) is 4.33. The first kappa shape index (κ1) is 13.4. The summed E-state index contributed by atoms with van der Waals surface area (Å²) in [5.41, 5.74) is 0.817. The summed E-state index contributed by atoms with van der Waals surface area (Å²) in [5.74, 6) is -1.26. The summed E-state index contributed by atoms with van der Waals surface area (Å²) in [5, 5.41) is 10.9. The molecule has 0 saturated carbocycles. The fourth-order valence-corrected chi connectivity index (χ4v) is 3.95. The van der Waals surface area contributed by atoms with Crippen molar-refractivity contribution >= 4 is 23.2 Å². The molecule has 3 aliphatic rings. The molecule has 3 saturated heterocycles. The number of nitrogens with zero attached hydrogens (tertiary/aromatic N) is 2. The number of aryl methyl sites for hydroxylation is 1. The van der Waals surface area contributed by atoms with Crippen molar-refractivity contribution in [3.8, 4) is 0 Å². The average Bonchev–Trinajstić information content (AvgIpc) is 3.12. The quantitative estimate of drug-likeness (QED) is 0.470. The molecule has 114 valence electrons. The van der Waals surface area contributed by atoms with Gasteiger partial charge in [0.1, 0.15) is 0 Å². The van der Waals surface area contributed by atoms with Gasteiger partial charge < -0.3 is 4.74 Å². The third-order valence-corrected chi connectivity index (χ3v) is 4.92. The number of hydrogen-bond acceptors (Lipinski definition) is 5. The molecule has 4 unspecified atom stereocenters. The summed E-state index contributed by atoms with van der Waals surface area (Å²) in [4.78, 5) is 36.8. The van der Waals surface area contributed by atoms with Crippen molar-refractivity contribution in [2.75, 3.05) is 4.90 Å². The predicted octanol–water partition coefficient (Wildman–Crippen LogP) is 1.57. The lowest BCUT2D eigenvalue weighted by atomic mass is 9.81. The van der Waals surface area contributed by atoms with Gasteiger partial charge in [0, 0.05) is 11.6 Å². The predicted molar refractivity (Wildman–Crippen MR) is 75.2 cm³/mol. The smallest absolute Gasteiger partial charge is 0.272 e. The van der Waals surface area contributed by atoms with E-state index in [1.54, 1.807) is 6.92 Å². The summed E-state index contributed by atoms with van der Waals surface area (Å²) >= 11 is 0. The van der Waals surface area contributed by atoms with Crippen molar-refractivity contribution in [3.05, 3.63) is 33.9 Å². The molecule has 3 fully saturated rings. The molecule has 0 spiro atoms. The molecular formula is C15H14N2O5. The van der Waals surface area contributed by atoms with Gasteiger partial charge in [0.05, 0.1) is 34.7 Å². The van der Waals surface area contributed by atoms with Gasteiger partial charge in [-0.2, -0.15) is 0 Å². The topological polar surface area (TPSA) is 89.8 Å². The monoisotopic (exact) mass is 302 g/mol. The van der Waals surface area contributed by atoms with Crippen molar-refractivity contribution in [1.29, 1.82) is 0 Å². The third-order valence-electron chi connectivity index (χ3n) is 4.92. The summed E-state index contributed by atoms with van der Waals surface area (Å²) in [6.07, 6.45) is 1.32. The molecule has 3 aliphatic heterocycles. The number of benzene rings is 1. The first-order valence-corrected chi connectivity index (χ1v) is 7.27. The first-order valence-electron chi connectivity index (χ1n) is 7.27. The number of hydrogen-bond donors (Lipinski definition) is 0. The second-order valence-corrected chi connectivity index (χ2v) is 6.08. The van der Waals surface area contributed by atoms with Crippen LogP contribution >= 0.6 is 0 Å². The van der Waals surface area contributed by atoms with Crippen LogP contribution in [0.5, 0.6) is 0 Å². The Morgan fingerprint density at radius 3 is 2.27 bits per heavy atom. The number of nitro groups is 1. The Morgan fingerprint density at radius 1 is 1.18 bits per heavy atom. The van der Waals surface area contributed by atoms with Crippen LogP contribution in [0.2, 0.25) is 0 Å². The van der Waals surface area contributed by atoms with E-state index in [0.29, 0.717) is 11.3 Å². The van der Waals surface area contributed by atoms with Gasteiger partial charge in [0.25, 0.3) is 5.69 Å². The van der Waals surface area contributed by atoms with E-state index in [9.17, 15) is 19.7 Å². The lowest BCUT2D eigenvalue weighted by molar-refractivity contribution is -0.385. The molecule has 2 amide bonds. The zero-order valence-electron chi connectivity index (χ0n) is 11.9. The van der Waals surface area contributed by atoms with Gasteiger partial charge in [0.15, 0.2) is 0 Å².